The second-order valence-electron chi connectivity index (χ2n) is 5.88. The molecule has 0 amide bonds. The highest BCUT2D eigenvalue weighted by atomic mass is 16.5. The molecule has 3 nitrogen and oxygen atoms in total. The molecule has 104 valence electrons. The van der Waals surface area contributed by atoms with Gasteiger partial charge < -0.3 is 14.5 Å². The summed E-state index contributed by atoms with van der Waals surface area (Å²) >= 11 is 0. The molecule has 0 saturated heterocycles. The molecule has 0 aliphatic carbocycles. The van der Waals surface area contributed by atoms with E-state index in [4.69, 9.17) is 9.15 Å². The van der Waals surface area contributed by atoms with Gasteiger partial charge in [-0.2, -0.15) is 0 Å². The number of ether oxygens (including phenoxy) is 1. The topological polar surface area (TPSA) is 34.4 Å². The van der Waals surface area contributed by atoms with E-state index >= 15 is 0 Å². The maximum atomic E-state index is 5.72. The van der Waals surface area contributed by atoms with Crippen LogP contribution in [0.25, 0.3) is 0 Å². The van der Waals surface area contributed by atoms with Crippen molar-refractivity contribution in [2.75, 3.05) is 0 Å². The summed E-state index contributed by atoms with van der Waals surface area (Å²) in [6, 6.07) is 4.01. The molecule has 0 fully saturated rings. The summed E-state index contributed by atoms with van der Waals surface area (Å²) in [5.41, 5.74) is 0.110. The summed E-state index contributed by atoms with van der Waals surface area (Å²) in [6.45, 7) is 12.0. The van der Waals surface area contributed by atoms with Crippen molar-refractivity contribution in [2.24, 2.45) is 0 Å². The molecule has 1 aromatic heterocycles. The lowest BCUT2D eigenvalue weighted by molar-refractivity contribution is 0.0366. The lowest BCUT2D eigenvalue weighted by Gasteiger charge is -2.19. The van der Waals surface area contributed by atoms with Crippen LogP contribution in [0.15, 0.2) is 16.5 Å². The first kappa shape index (κ1) is 15.3. The van der Waals surface area contributed by atoms with E-state index in [1.54, 1.807) is 0 Å². The Hall–Kier alpha value is -0.800. The molecule has 1 unspecified atom stereocenters. The summed E-state index contributed by atoms with van der Waals surface area (Å²) in [6.07, 6.45) is 2.55. The number of nitrogens with one attached hydrogen (secondary N) is 1. The third-order valence-electron chi connectivity index (χ3n) is 2.72. The number of hydrogen-bond acceptors (Lipinski definition) is 3. The fourth-order valence-electron chi connectivity index (χ4n) is 1.66. The molecule has 1 rings (SSSR count). The molecule has 0 bridgehead atoms. The summed E-state index contributed by atoms with van der Waals surface area (Å²) in [7, 11) is 0. The fraction of sp³-hybridized carbons (Fsp3) is 0.733. The van der Waals surface area contributed by atoms with Gasteiger partial charge in [-0.3, -0.25) is 0 Å². The van der Waals surface area contributed by atoms with Crippen molar-refractivity contribution in [2.45, 2.75) is 72.3 Å². The molecule has 18 heavy (non-hydrogen) atoms. The Bertz CT molecular complexity index is 339. The second-order valence-corrected chi connectivity index (χ2v) is 5.88. The Labute approximate surface area is 111 Å². The highest BCUT2D eigenvalue weighted by molar-refractivity contribution is 5.06. The zero-order valence-corrected chi connectivity index (χ0v) is 12.4. The Kier molecular flexibility index (Phi) is 5.89. The minimum Gasteiger partial charge on any atom is -0.462 e. The van der Waals surface area contributed by atoms with E-state index in [1.807, 2.05) is 12.1 Å². The van der Waals surface area contributed by atoms with Crippen LogP contribution >= 0.6 is 0 Å². The Balaban J connectivity index is 2.34. The maximum absolute atomic E-state index is 5.72. The van der Waals surface area contributed by atoms with Crippen LogP contribution in [0, 0.1) is 0 Å². The molecule has 3 heteroatoms. The fourth-order valence-corrected chi connectivity index (χ4v) is 1.66. The molecule has 0 aliphatic rings. The van der Waals surface area contributed by atoms with E-state index in [-0.39, 0.29) is 5.54 Å². The Morgan fingerprint density at radius 2 is 1.94 bits per heavy atom. The first-order chi connectivity index (χ1) is 8.40. The molecular weight excluding hydrogens is 226 g/mol. The van der Waals surface area contributed by atoms with Crippen LogP contribution in [0.5, 0.6) is 0 Å². The standard InChI is InChI=1S/C15H27NO2/c1-6-7-12(2)17-11-14-9-8-13(18-14)10-16-15(3,4)5/h8-9,12,16H,6-7,10-11H2,1-5H3. The van der Waals surface area contributed by atoms with Gasteiger partial charge in [0.05, 0.1) is 12.6 Å². The summed E-state index contributed by atoms with van der Waals surface area (Å²) < 4.78 is 11.4. The minimum atomic E-state index is 0.110. The van der Waals surface area contributed by atoms with Gasteiger partial charge in [0, 0.05) is 5.54 Å². The molecular formula is C15H27NO2. The third-order valence-corrected chi connectivity index (χ3v) is 2.72. The zero-order chi connectivity index (χ0) is 13.6. The molecule has 1 heterocycles. The average molecular weight is 253 g/mol. The normalized spacial score (nSPS) is 13.8. The van der Waals surface area contributed by atoms with E-state index in [1.165, 1.54) is 0 Å². The molecule has 0 radical (unpaired) electrons. The van der Waals surface area contributed by atoms with Crippen molar-refractivity contribution < 1.29 is 9.15 Å². The van der Waals surface area contributed by atoms with Crippen LogP contribution in [0.3, 0.4) is 0 Å². The van der Waals surface area contributed by atoms with Gasteiger partial charge in [0.25, 0.3) is 0 Å². The van der Waals surface area contributed by atoms with Crippen molar-refractivity contribution in [3.8, 4) is 0 Å². The molecule has 1 atom stereocenters. The summed E-state index contributed by atoms with van der Waals surface area (Å²) in [5.74, 6) is 1.87. The minimum absolute atomic E-state index is 0.110. The average Bonchev–Trinajstić information content (AvgIpc) is 2.71. The van der Waals surface area contributed by atoms with Gasteiger partial charge in [-0.1, -0.05) is 13.3 Å². The number of furan rings is 1. The van der Waals surface area contributed by atoms with Crippen molar-refractivity contribution in [3.63, 3.8) is 0 Å². The first-order valence-corrected chi connectivity index (χ1v) is 6.85. The van der Waals surface area contributed by atoms with Gasteiger partial charge in [0.1, 0.15) is 18.1 Å². The highest BCUT2D eigenvalue weighted by Gasteiger charge is 2.10. The van der Waals surface area contributed by atoms with Crippen LogP contribution < -0.4 is 5.32 Å². The van der Waals surface area contributed by atoms with Crippen LogP contribution in [-0.4, -0.2) is 11.6 Å². The molecule has 0 aliphatic heterocycles. The highest BCUT2D eigenvalue weighted by Crippen LogP contribution is 2.12. The quantitative estimate of drug-likeness (QED) is 0.801. The van der Waals surface area contributed by atoms with Gasteiger partial charge >= 0.3 is 0 Å². The SMILES string of the molecule is CCCC(C)OCc1ccc(CNC(C)(C)C)o1. The maximum Gasteiger partial charge on any atom is 0.129 e. The van der Waals surface area contributed by atoms with Crippen LogP contribution in [0.4, 0.5) is 0 Å². The molecule has 1 aromatic rings. The van der Waals surface area contributed by atoms with E-state index in [9.17, 15) is 0 Å². The smallest absolute Gasteiger partial charge is 0.129 e. The van der Waals surface area contributed by atoms with Crippen molar-refractivity contribution in [1.82, 2.24) is 5.32 Å². The van der Waals surface area contributed by atoms with Crippen molar-refractivity contribution in [1.29, 1.82) is 0 Å². The third kappa shape index (κ3) is 6.22. The van der Waals surface area contributed by atoms with E-state index in [2.05, 4.69) is 39.9 Å². The van der Waals surface area contributed by atoms with Crippen molar-refractivity contribution >= 4 is 0 Å². The monoisotopic (exact) mass is 253 g/mol. The Morgan fingerprint density at radius 3 is 2.56 bits per heavy atom. The van der Waals surface area contributed by atoms with Crippen LogP contribution in [0.2, 0.25) is 0 Å². The lowest BCUT2D eigenvalue weighted by Crippen LogP contribution is -2.34. The molecule has 0 saturated carbocycles. The number of hydrogen-bond donors (Lipinski definition) is 1. The first-order valence-electron chi connectivity index (χ1n) is 6.85. The van der Waals surface area contributed by atoms with Crippen LogP contribution in [0.1, 0.15) is 59.0 Å². The summed E-state index contributed by atoms with van der Waals surface area (Å²) in [5, 5.41) is 3.40. The molecule has 1 N–H and O–H groups in total. The van der Waals surface area contributed by atoms with E-state index < -0.39 is 0 Å². The van der Waals surface area contributed by atoms with E-state index in [0.29, 0.717) is 12.7 Å². The van der Waals surface area contributed by atoms with Crippen LogP contribution in [-0.2, 0) is 17.9 Å². The number of rotatable bonds is 7. The van der Waals surface area contributed by atoms with Gasteiger partial charge in [0.15, 0.2) is 0 Å². The molecule has 0 aromatic carbocycles. The predicted molar refractivity (Wildman–Crippen MR) is 74.5 cm³/mol. The van der Waals surface area contributed by atoms with Gasteiger partial charge in [0.2, 0.25) is 0 Å². The lowest BCUT2D eigenvalue weighted by atomic mass is 10.1. The van der Waals surface area contributed by atoms with Crippen molar-refractivity contribution in [3.05, 3.63) is 23.7 Å². The largest absolute Gasteiger partial charge is 0.462 e. The zero-order valence-electron chi connectivity index (χ0n) is 12.4. The predicted octanol–water partition coefficient (Wildman–Crippen LogP) is 3.87. The van der Waals surface area contributed by atoms with Gasteiger partial charge in [-0.15, -0.1) is 0 Å². The van der Waals surface area contributed by atoms with E-state index in [0.717, 1.165) is 30.9 Å². The summed E-state index contributed by atoms with van der Waals surface area (Å²) in [4.78, 5) is 0. The molecule has 0 spiro atoms. The second kappa shape index (κ2) is 6.95. The Morgan fingerprint density at radius 1 is 1.28 bits per heavy atom. The van der Waals surface area contributed by atoms with Gasteiger partial charge in [-0.25, -0.2) is 0 Å². The van der Waals surface area contributed by atoms with Gasteiger partial charge in [-0.05, 0) is 46.2 Å².